The number of carbonyl (C=O) groups is 1. The van der Waals surface area contributed by atoms with Crippen LogP contribution >= 0.6 is 0 Å². The molecule has 2 rings (SSSR count). The highest BCUT2D eigenvalue weighted by Gasteiger charge is 2.27. The van der Waals surface area contributed by atoms with Crippen molar-refractivity contribution in [2.24, 2.45) is 21.6 Å². The Labute approximate surface area is 125 Å². The summed E-state index contributed by atoms with van der Waals surface area (Å²) in [6.07, 6.45) is 1.23. The van der Waals surface area contributed by atoms with Gasteiger partial charge in [-0.15, -0.1) is 0 Å². The van der Waals surface area contributed by atoms with Crippen LogP contribution in [-0.4, -0.2) is 44.5 Å². The highest BCUT2D eigenvalue weighted by molar-refractivity contribution is 7.90. The van der Waals surface area contributed by atoms with E-state index in [1.54, 1.807) is 4.72 Å². The minimum atomic E-state index is -4.33. The van der Waals surface area contributed by atoms with Crippen LogP contribution < -0.4 is 16.2 Å². The smallest absolute Gasteiger partial charge is 0.358 e. The van der Waals surface area contributed by atoms with Gasteiger partial charge in [0.2, 0.25) is 0 Å². The number of nitrogens with one attached hydrogen (secondary N) is 1. The minimum Gasteiger partial charge on any atom is -0.471 e. The Kier molecular flexibility index (Phi) is 4.41. The molecule has 1 aliphatic rings. The van der Waals surface area contributed by atoms with Crippen molar-refractivity contribution in [3.8, 4) is 0 Å². The van der Waals surface area contributed by atoms with Crippen molar-refractivity contribution in [1.29, 1.82) is 0 Å². The lowest BCUT2D eigenvalue weighted by atomic mass is 10.3. The van der Waals surface area contributed by atoms with E-state index in [0.717, 1.165) is 0 Å². The van der Waals surface area contributed by atoms with Crippen molar-refractivity contribution in [2.75, 3.05) is 13.2 Å². The zero-order valence-electron chi connectivity index (χ0n) is 11.1. The van der Waals surface area contributed by atoms with E-state index in [1.165, 1.54) is 18.3 Å². The fourth-order valence-electron chi connectivity index (χ4n) is 1.50. The molecule has 0 fully saturated rings. The second-order valence-corrected chi connectivity index (χ2v) is 5.48. The van der Waals surface area contributed by atoms with Crippen molar-refractivity contribution in [3.63, 3.8) is 0 Å². The number of hydrogen-bond acceptors (Lipinski definition) is 7. The van der Waals surface area contributed by atoms with Gasteiger partial charge in [-0.05, 0) is 17.3 Å². The second-order valence-electron chi connectivity index (χ2n) is 3.88. The molecule has 0 bridgehead atoms. The van der Waals surface area contributed by atoms with Crippen molar-refractivity contribution in [1.82, 2.24) is 9.71 Å². The summed E-state index contributed by atoms with van der Waals surface area (Å²) in [5, 5.41) is 3.14. The summed E-state index contributed by atoms with van der Waals surface area (Å²) in [5.41, 5.74) is 10.0. The Morgan fingerprint density at radius 1 is 1.36 bits per heavy atom. The number of carbonyl (C=O) groups excluding carboxylic acids is 1. The number of pyridine rings is 1. The number of amides is 2. The molecule has 1 aliphatic heterocycles. The third-order valence-corrected chi connectivity index (χ3v) is 3.55. The molecule has 118 valence electrons. The fourth-order valence-corrected chi connectivity index (χ4v) is 2.52. The van der Waals surface area contributed by atoms with Gasteiger partial charge in [-0.1, -0.05) is 0 Å². The van der Waals surface area contributed by atoms with E-state index >= 15 is 0 Å². The molecule has 0 radical (unpaired) electrons. The number of ether oxygens (including phenoxy) is 1. The lowest BCUT2D eigenvalue weighted by Crippen LogP contribution is -2.34. The molecule has 0 spiro atoms. The number of guanidine groups is 1. The summed E-state index contributed by atoms with van der Waals surface area (Å²) >= 11 is 0. The van der Waals surface area contributed by atoms with Gasteiger partial charge in [0.1, 0.15) is 6.61 Å². The number of sulfonamides is 1. The van der Waals surface area contributed by atoms with E-state index in [9.17, 15) is 13.2 Å². The number of hydrogen-bond donors (Lipinski definition) is 3. The van der Waals surface area contributed by atoms with Crippen LogP contribution in [0.15, 0.2) is 33.5 Å². The first-order valence-electron chi connectivity index (χ1n) is 5.85. The number of nitrogens with zero attached hydrogens (tertiary/aromatic N) is 3. The molecule has 0 saturated heterocycles. The molecule has 0 unspecified atom stereocenters. The average Bonchev–Trinajstić information content (AvgIpc) is 2.46. The first-order chi connectivity index (χ1) is 10.4. The summed E-state index contributed by atoms with van der Waals surface area (Å²) in [6.45, 7) is 0.445. The SMILES string of the molecule is NC(N)=NC(=O)NS(=O)(=O)c1ncccc1C1=NOCCO1. The van der Waals surface area contributed by atoms with Gasteiger partial charge in [-0.3, -0.25) is 0 Å². The Morgan fingerprint density at radius 3 is 2.77 bits per heavy atom. The molecule has 2 amide bonds. The van der Waals surface area contributed by atoms with Crippen molar-refractivity contribution >= 4 is 27.9 Å². The number of nitrogens with two attached hydrogens (primary N) is 2. The van der Waals surface area contributed by atoms with Crippen molar-refractivity contribution in [2.45, 2.75) is 5.03 Å². The van der Waals surface area contributed by atoms with Crippen LogP contribution in [0.3, 0.4) is 0 Å². The van der Waals surface area contributed by atoms with Gasteiger partial charge >= 0.3 is 6.03 Å². The third kappa shape index (κ3) is 3.60. The van der Waals surface area contributed by atoms with Crippen molar-refractivity contribution < 1.29 is 22.8 Å². The Bertz CT molecular complexity index is 740. The van der Waals surface area contributed by atoms with Gasteiger partial charge in [0.15, 0.2) is 17.6 Å². The topological polar surface area (TPSA) is 171 Å². The van der Waals surface area contributed by atoms with Crippen LogP contribution in [0.4, 0.5) is 4.79 Å². The highest BCUT2D eigenvalue weighted by atomic mass is 32.2. The summed E-state index contributed by atoms with van der Waals surface area (Å²) in [7, 11) is -4.33. The summed E-state index contributed by atoms with van der Waals surface area (Å²) in [6, 6.07) is 1.63. The van der Waals surface area contributed by atoms with E-state index in [4.69, 9.17) is 21.0 Å². The zero-order chi connectivity index (χ0) is 16.2. The van der Waals surface area contributed by atoms with Gasteiger partial charge in [0, 0.05) is 6.20 Å². The normalized spacial score (nSPS) is 14.1. The maximum absolute atomic E-state index is 12.2. The van der Waals surface area contributed by atoms with Crippen molar-refractivity contribution in [3.05, 3.63) is 23.9 Å². The summed E-state index contributed by atoms with van der Waals surface area (Å²) in [5.74, 6) is -0.642. The van der Waals surface area contributed by atoms with Crippen LogP contribution in [0.25, 0.3) is 0 Å². The van der Waals surface area contributed by atoms with Crippen LogP contribution in [-0.2, 0) is 19.6 Å². The number of oxime groups is 1. The predicted molar refractivity (Wildman–Crippen MR) is 74.2 cm³/mol. The van der Waals surface area contributed by atoms with Gasteiger partial charge in [-0.2, -0.15) is 13.4 Å². The lowest BCUT2D eigenvalue weighted by Gasteiger charge is -2.15. The van der Waals surface area contributed by atoms with E-state index in [-0.39, 0.29) is 24.7 Å². The quantitative estimate of drug-likeness (QED) is 0.442. The first-order valence-corrected chi connectivity index (χ1v) is 7.33. The Morgan fingerprint density at radius 2 is 2.14 bits per heavy atom. The number of urea groups is 1. The zero-order valence-corrected chi connectivity index (χ0v) is 11.9. The minimum absolute atomic E-state index is 0.0344. The molecule has 0 aliphatic carbocycles. The first kappa shape index (κ1) is 15.5. The van der Waals surface area contributed by atoms with Crippen LogP contribution in [0, 0.1) is 0 Å². The number of aromatic nitrogens is 1. The predicted octanol–water partition coefficient (Wildman–Crippen LogP) is -1.54. The van der Waals surface area contributed by atoms with E-state index in [0.29, 0.717) is 0 Å². The molecule has 0 saturated carbocycles. The maximum Gasteiger partial charge on any atom is 0.358 e. The van der Waals surface area contributed by atoms with E-state index < -0.39 is 27.0 Å². The Hall–Kier alpha value is -2.89. The molecule has 22 heavy (non-hydrogen) atoms. The maximum atomic E-state index is 12.2. The molecule has 5 N–H and O–H groups in total. The standard InChI is InChI=1S/C10H12N6O5S/c11-9(12)14-10(17)16-22(18,19)8-6(2-1-3-13-8)7-15-21-5-4-20-7/h1-3H,4-5H2,(H5,11,12,14,16,17). The second kappa shape index (κ2) is 6.26. The van der Waals surface area contributed by atoms with Crippen LogP contribution in [0.5, 0.6) is 0 Å². The van der Waals surface area contributed by atoms with Gasteiger partial charge in [0.25, 0.3) is 15.9 Å². The molecule has 0 aromatic carbocycles. The van der Waals surface area contributed by atoms with Gasteiger partial charge in [-0.25, -0.2) is 14.5 Å². The lowest BCUT2D eigenvalue weighted by molar-refractivity contribution is 0.0653. The molecular formula is C10H12N6O5S. The third-order valence-electron chi connectivity index (χ3n) is 2.27. The monoisotopic (exact) mass is 328 g/mol. The molecule has 1 aromatic rings. The largest absolute Gasteiger partial charge is 0.471 e. The molecule has 0 atom stereocenters. The number of rotatable bonds is 3. The molecule has 2 heterocycles. The van der Waals surface area contributed by atoms with E-state index in [1.807, 2.05) is 0 Å². The summed E-state index contributed by atoms with van der Waals surface area (Å²) in [4.78, 5) is 23.0. The molecule has 1 aromatic heterocycles. The molecule has 11 nitrogen and oxygen atoms in total. The Balaban J connectivity index is 2.37. The molecular weight excluding hydrogens is 316 g/mol. The number of aliphatic imine (C=N–C) groups is 1. The highest BCUT2D eigenvalue weighted by Crippen LogP contribution is 2.15. The van der Waals surface area contributed by atoms with Gasteiger partial charge < -0.3 is 21.0 Å². The average molecular weight is 328 g/mol. The van der Waals surface area contributed by atoms with Crippen LogP contribution in [0.1, 0.15) is 5.56 Å². The summed E-state index contributed by atoms with van der Waals surface area (Å²) < 4.78 is 31.2. The van der Waals surface area contributed by atoms with Crippen LogP contribution in [0.2, 0.25) is 0 Å². The molecule has 12 heteroatoms. The fraction of sp³-hybridized carbons (Fsp3) is 0.200. The van der Waals surface area contributed by atoms with Gasteiger partial charge in [0.05, 0.1) is 5.56 Å². The van der Waals surface area contributed by atoms with E-state index in [2.05, 4.69) is 15.1 Å².